The Bertz CT molecular complexity index is 1040. The first kappa shape index (κ1) is 17.6. The molecule has 2 heterocycles. The number of aromatic hydroxyl groups is 2. The van der Waals surface area contributed by atoms with Gasteiger partial charge in [-0.25, -0.2) is 9.37 Å². The van der Waals surface area contributed by atoms with E-state index < -0.39 is 22.9 Å². The lowest BCUT2D eigenvalue weighted by atomic mass is 9.98. The van der Waals surface area contributed by atoms with Crippen molar-refractivity contribution in [3.8, 4) is 28.6 Å². The molecule has 0 unspecified atom stereocenters. The molecule has 0 amide bonds. The maximum absolute atomic E-state index is 14.8. The maximum atomic E-state index is 14.8. The first-order chi connectivity index (χ1) is 12.9. The van der Waals surface area contributed by atoms with Gasteiger partial charge in [-0.15, -0.1) is 0 Å². The van der Waals surface area contributed by atoms with Gasteiger partial charge in [-0.2, -0.15) is 0 Å². The average Bonchev–Trinajstić information content (AvgIpc) is 3.03. The molecule has 0 bridgehead atoms. The monoisotopic (exact) mass is 374 g/mol. The highest BCUT2D eigenvalue weighted by Gasteiger charge is 2.39. The van der Waals surface area contributed by atoms with Crippen molar-refractivity contribution < 1.29 is 29.2 Å². The topological polar surface area (TPSA) is 97.0 Å². The van der Waals surface area contributed by atoms with Gasteiger partial charge in [0.1, 0.15) is 5.82 Å². The molecule has 0 saturated carbocycles. The Morgan fingerprint density at radius 1 is 1.26 bits per heavy atom. The number of hydrogen-bond donors (Lipinski definition) is 3. The van der Waals surface area contributed by atoms with E-state index in [9.17, 15) is 19.7 Å². The summed E-state index contributed by atoms with van der Waals surface area (Å²) in [5.74, 6) is -2.34. The predicted octanol–water partition coefficient (Wildman–Crippen LogP) is 2.50. The predicted molar refractivity (Wildman–Crippen MR) is 95.4 cm³/mol. The molecule has 1 aromatic heterocycles. The van der Waals surface area contributed by atoms with Crippen molar-refractivity contribution in [3.63, 3.8) is 0 Å². The fourth-order valence-electron chi connectivity index (χ4n) is 3.40. The van der Waals surface area contributed by atoms with Crippen LogP contribution in [0.2, 0.25) is 0 Å². The summed E-state index contributed by atoms with van der Waals surface area (Å²) in [7, 11) is 1.31. The third-order valence-corrected chi connectivity index (χ3v) is 4.91. The fraction of sp³-hybridized carbons (Fsp3) is 0.316. The van der Waals surface area contributed by atoms with Crippen molar-refractivity contribution in [1.29, 1.82) is 0 Å². The van der Waals surface area contributed by atoms with Crippen molar-refractivity contribution in [2.45, 2.75) is 19.1 Å². The summed E-state index contributed by atoms with van der Waals surface area (Å²) in [6, 6.07) is 6.59. The number of methoxy groups -OCH3 is 1. The van der Waals surface area contributed by atoms with E-state index in [-0.39, 0.29) is 23.7 Å². The minimum Gasteiger partial charge on any atom is -0.502 e. The van der Waals surface area contributed by atoms with Crippen molar-refractivity contribution >= 4 is 11.0 Å². The first-order valence-corrected chi connectivity index (χ1v) is 8.39. The van der Waals surface area contributed by atoms with Crippen molar-refractivity contribution in [2.75, 3.05) is 20.3 Å². The van der Waals surface area contributed by atoms with E-state index >= 15 is 0 Å². The van der Waals surface area contributed by atoms with Crippen LogP contribution in [0.3, 0.4) is 0 Å². The van der Waals surface area contributed by atoms with Gasteiger partial charge in [0, 0.05) is 0 Å². The van der Waals surface area contributed by atoms with Gasteiger partial charge in [0.05, 0.1) is 49.1 Å². The van der Waals surface area contributed by atoms with Gasteiger partial charge in [-0.05, 0) is 30.7 Å². The van der Waals surface area contributed by atoms with Crippen LogP contribution in [0.15, 0.2) is 24.3 Å². The largest absolute Gasteiger partial charge is 0.502 e. The Labute approximate surface area is 154 Å². The molecule has 3 N–H and O–H groups in total. The van der Waals surface area contributed by atoms with Crippen molar-refractivity contribution in [2.24, 2.45) is 0 Å². The van der Waals surface area contributed by atoms with Crippen LogP contribution in [0.25, 0.3) is 22.4 Å². The van der Waals surface area contributed by atoms with E-state index in [0.717, 1.165) is 0 Å². The summed E-state index contributed by atoms with van der Waals surface area (Å²) in [6.45, 7) is 2.66. The quantitative estimate of drug-likeness (QED) is 0.607. The minimum atomic E-state index is -0.990. The molecule has 4 rings (SSSR count). The number of imidazole rings is 1. The van der Waals surface area contributed by atoms with Crippen LogP contribution in [-0.2, 0) is 16.9 Å². The molecule has 27 heavy (non-hydrogen) atoms. The molecule has 1 saturated heterocycles. The summed E-state index contributed by atoms with van der Waals surface area (Å²) in [5.41, 5.74) is 1.56. The van der Waals surface area contributed by atoms with Gasteiger partial charge in [0.2, 0.25) is 5.75 Å². The molecule has 0 aliphatic carbocycles. The molecule has 1 aliphatic rings. The molecule has 1 fully saturated rings. The molecule has 142 valence electrons. The zero-order valence-corrected chi connectivity index (χ0v) is 14.9. The smallest absolute Gasteiger partial charge is 0.203 e. The summed E-state index contributed by atoms with van der Waals surface area (Å²) < 4.78 is 27.1. The van der Waals surface area contributed by atoms with E-state index in [4.69, 9.17) is 9.47 Å². The normalized spacial score (nSPS) is 15.7. The molecule has 0 radical (unpaired) electrons. The number of aliphatic hydroxyl groups is 1. The average molecular weight is 374 g/mol. The summed E-state index contributed by atoms with van der Waals surface area (Å²) in [5, 5.41) is 29.3. The summed E-state index contributed by atoms with van der Waals surface area (Å²) in [6.07, 6.45) is 0. The minimum absolute atomic E-state index is 0.00276. The number of halogens is 1. The highest BCUT2D eigenvalue weighted by molar-refractivity contribution is 5.83. The highest BCUT2D eigenvalue weighted by Crippen LogP contribution is 2.44. The standard InChI is InChI=1S/C19H19FN2O5/c1-19(8-27-9-19)22-13-5-10(7-23)3-4-12(13)21-18(22)11-6-14(26-2)16(24)17(25)15(11)20/h3-6,23-25H,7-9H2,1-2H3. The van der Waals surface area contributed by atoms with Crippen LogP contribution in [0.1, 0.15) is 12.5 Å². The fourth-order valence-corrected chi connectivity index (χ4v) is 3.40. The Balaban J connectivity index is 2.06. The third-order valence-electron chi connectivity index (χ3n) is 4.91. The molecule has 1 aliphatic heterocycles. The Morgan fingerprint density at radius 2 is 2.00 bits per heavy atom. The molecular formula is C19H19FN2O5. The number of ether oxygens (including phenoxy) is 2. The number of aliphatic hydroxyl groups excluding tert-OH is 1. The Hall–Kier alpha value is -2.84. The maximum Gasteiger partial charge on any atom is 0.203 e. The number of benzene rings is 2. The number of phenolic OH excluding ortho intramolecular Hbond substituents is 2. The van der Waals surface area contributed by atoms with Crippen molar-refractivity contribution in [3.05, 3.63) is 35.6 Å². The van der Waals surface area contributed by atoms with Gasteiger partial charge in [-0.3, -0.25) is 0 Å². The number of nitrogens with zero attached hydrogens (tertiary/aromatic N) is 2. The van der Waals surface area contributed by atoms with E-state index in [0.29, 0.717) is 29.8 Å². The second-order valence-electron chi connectivity index (χ2n) is 6.88. The molecule has 8 heteroatoms. The van der Waals surface area contributed by atoms with Crippen molar-refractivity contribution in [1.82, 2.24) is 9.55 Å². The van der Waals surface area contributed by atoms with Crippen LogP contribution >= 0.6 is 0 Å². The summed E-state index contributed by atoms with van der Waals surface area (Å²) in [4.78, 5) is 4.55. The van der Waals surface area contributed by atoms with E-state index in [1.165, 1.54) is 13.2 Å². The van der Waals surface area contributed by atoms with Crippen LogP contribution in [0.4, 0.5) is 4.39 Å². The molecule has 2 aromatic carbocycles. The second kappa shape index (κ2) is 6.11. The lowest BCUT2D eigenvalue weighted by Gasteiger charge is -2.40. The van der Waals surface area contributed by atoms with Crippen LogP contribution in [0, 0.1) is 5.82 Å². The van der Waals surface area contributed by atoms with Gasteiger partial charge in [-0.1, -0.05) is 6.07 Å². The highest BCUT2D eigenvalue weighted by atomic mass is 19.1. The van der Waals surface area contributed by atoms with Crippen LogP contribution < -0.4 is 4.74 Å². The molecule has 0 spiro atoms. The van der Waals surface area contributed by atoms with Gasteiger partial charge >= 0.3 is 0 Å². The molecular weight excluding hydrogens is 355 g/mol. The van der Waals surface area contributed by atoms with Gasteiger partial charge in [0.15, 0.2) is 17.3 Å². The SMILES string of the molecule is COc1cc(-c2nc3ccc(CO)cc3n2C2(C)COC2)c(F)c(O)c1O. The molecule has 7 nitrogen and oxygen atoms in total. The first-order valence-electron chi connectivity index (χ1n) is 8.39. The lowest BCUT2D eigenvalue weighted by molar-refractivity contribution is -0.0868. The third kappa shape index (κ3) is 2.52. The Kier molecular flexibility index (Phi) is 3.97. The number of fused-ring (bicyclic) bond motifs is 1. The van der Waals surface area contributed by atoms with E-state index in [1.54, 1.807) is 18.2 Å². The Morgan fingerprint density at radius 3 is 2.59 bits per heavy atom. The molecule has 0 atom stereocenters. The number of rotatable bonds is 4. The van der Waals surface area contributed by atoms with Crippen LogP contribution in [0.5, 0.6) is 17.2 Å². The van der Waals surface area contributed by atoms with Crippen LogP contribution in [-0.4, -0.2) is 45.2 Å². The van der Waals surface area contributed by atoms with Gasteiger partial charge in [0.25, 0.3) is 0 Å². The summed E-state index contributed by atoms with van der Waals surface area (Å²) >= 11 is 0. The zero-order valence-electron chi connectivity index (χ0n) is 14.9. The van der Waals surface area contributed by atoms with E-state index in [1.807, 2.05) is 11.5 Å². The number of hydrogen-bond acceptors (Lipinski definition) is 6. The lowest BCUT2D eigenvalue weighted by Crippen LogP contribution is -2.49. The number of phenols is 2. The zero-order chi connectivity index (χ0) is 19.3. The molecule has 3 aromatic rings. The second-order valence-corrected chi connectivity index (χ2v) is 6.88. The van der Waals surface area contributed by atoms with E-state index in [2.05, 4.69) is 4.98 Å². The number of aromatic nitrogens is 2. The van der Waals surface area contributed by atoms with Gasteiger partial charge < -0.3 is 29.4 Å².